The van der Waals surface area contributed by atoms with E-state index in [2.05, 4.69) is 9.88 Å². The quantitative estimate of drug-likeness (QED) is 0.683. The molecule has 1 amide bonds. The Bertz CT molecular complexity index is 965. The second-order valence-electron chi connectivity index (χ2n) is 8.06. The van der Waals surface area contributed by atoms with Gasteiger partial charge >= 0.3 is 0 Å². The third kappa shape index (κ3) is 4.19. The predicted octanol–water partition coefficient (Wildman–Crippen LogP) is 2.76. The Hall–Kier alpha value is -2.48. The molecule has 1 aromatic carbocycles. The fraction of sp³-hybridized carbons (Fsp3) is 0.500. The van der Waals surface area contributed by atoms with Crippen LogP contribution >= 0.6 is 11.8 Å². The van der Waals surface area contributed by atoms with Gasteiger partial charge < -0.3 is 14.5 Å². The number of carbonyl (C=O) groups excluding carboxylic acids is 1. The summed E-state index contributed by atoms with van der Waals surface area (Å²) in [6.07, 6.45) is 0.352. The topological polar surface area (TPSA) is 67.7 Å². The molecule has 0 radical (unpaired) electrons. The van der Waals surface area contributed by atoms with Crippen molar-refractivity contribution in [1.82, 2.24) is 14.5 Å². The Balaban J connectivity index is 1.37. The van der Waals surface area contributed by atoms with Crippen LogP contribution in [-0.4, -0.2) is 59.4 Å². The van der Waals surface area contributed by atoms with Crippen LogP contribution in [0.3, 0.4) is 0 Å². The molecule has 0 spiro atoms. The normalized spacial score (nSPS) is 18.6. The van der Waals surface area contributed by atoms with E-state index < -0.39 is 0 Å². The number of piperazine rings is 1. The monoisotopic (exact) mass is 428 g/mol. The van der Waals surface area contributed by atoms with Gasteiger partial charge in [0.1, 0.15) is 5.75 Å². The number of ether oxygens (including phenoxy) is 1. The Morgan fingerprint density at radius 1 is 1.20 bits per heavy atom. The molecule has 2 aliphatic heterocycles. The summed E-state index contributed by atoms with van der Waals surface area (Å²) in [5.74, 6) is 1.89. The summed E-state index contributed by atoms with van der Waals surface area (Å²) in [5.41, 5.74) is 1.92. The number of anilines is 1. The van der Waals surface area contributed by atoms with E-state index in [1.54, 1.807) is 29.5 Å². The Morgan fingerprint density at radius 2 is 1.90 bits per heavy atom. The second kappa shape index (κ2) is 8.71. The largest absolute Gasteiger partial charge is 0.497 e. The number of rotatable bonds is 5. The molecule has 0 N–H and O–H groups in total. The van der Waals surface area contributed by atoms with Crippen molar-refractivity contribution in [3.05, 3.63) is 46.4 Å². The zero-order valence-electron chi connectivity index (χ0n) is 17.7. The maximum atomic E-state index is 12.9. The zero-order valence-corrected chi connectivity index (χ0v) is 18.5. The van der Waals surface area contributed by atoms with Gasteiger partial charge in [0, 0.05) is 50.1 Å². The highest BCUT2D eigenvalue weighted by Crippen LogP contribution is 2.33. The molecular formula is C22H28N4O3S. The molecule has 160 valence electrons. The van der Waals surface area contributed by atoms with Crippen molar-refractivity contribution in [3.8, 4) is 5.75 Å². The van der Waals surface area contributed by atoms with Crippen LogP contribution in [0.2, 0.25) is 0 Å². The third-order valence-electron chi connectivity index (χ3n) is 5.78. The van der Waals surface area contributed by atoms with Gasteiger partial charge in [0.15, 0.2) is 5.16 Å². The number of thioether (sulfide) groups is 1. The van der Waals surface area contributed by atoms with Crippen LogP contribution < -0.4 is 15.2 Å². The molecule has 1 aromatic heterocycles. The molecule has 2 aliphatic rings. The highest BCUT2D eigenvalue weighted by Gasteiger charge is 2.30. The van der Waals surface area contributed by atoms with Crippen molar-refractivity contribution in [2.45, 2.75) is 37.4 Å². The first-order valence-corrected chi connectivity index (χ1v) is 11.4. The number of benzene rings is 1. The van der Waals surface area contributed by atoms with Crippen molar-refractivity contribution in [3.63, 3.8) is 0 Å². The average molecular weight is 429 g/mol. The van der Waals surface area contributed by atoms with E-state index >= 15 is 0 Å². The molecule has 1 saturated heterocycles. The molecule has 1 fully saturated rings. The Labute approximate surface area is 181 Å². The highest BCUT2D eigenvalue weighted by atomic mass is 32.2. The number of fused-ring (bicyclic) bond motifs is 1. The SMILES string of the molecule is COc1ccc(N2CCN(C(=O)CC3CSc4nc(C(C)C)cc(=O)n43)CC2)cc1. The van der Waals surface area contributed by atoms with Crippen LogP contribution in [0.1, 0.15) is 37.9 Å². The number of nitrogens with zero attached hydrogens (tertiary/aromatic N) is 4. The molecule has 0 saturated carbocycles. The lowest BCUT2D eigenvalue weighted by Crippen LogP contribution is -2.49. The first-order valence-electron chi connectivity index (χ1n) is 10.4. The van der Waals surface area contributed by atoms with Crippen LogP contribution in [-0.2, 0) is 4.79 Å². The van der Waals surface area contributed by atoms with Crippen molar-refractivity contribution in [2.75, 3.05) is 43.9 Å². The van der Waals surface area contributed by atoms with E-state index in [1.165, 1.54) is 0 Å². The van der Waals surface area contributed by atoms with E-state index in [0.717, 1.165) is 41.1 Å². The number of aromatic nitrogens is 2. The zero-order chi connectivity index (χ0) is 21.3. The predicted molar refractivity (Wildman–Crippen MR) is 119 cm³/mol. The first-order chi connectivity index (χ1) is 14.5. The van der Waals surface area contributed by atoms with Crippen LogP contribution in [0.5, 0.6) is 5.75 Å². The highest BCUT2D eigenvalue weighted by molar-refractivity contribution is 7.99. The van der Waals surface area contributed by atoms with Crippen LogP contribution in [0.25, 0.3) is 0 Å². The number of hydrogen-bond donors (Lipinski definition) is 0. The maximum Gasteiger partial charge on any atom is 0.254 e. The van der Waals surface area contributed by atoms with Crippen molar-refractivity contribution in [2.24, 2.45) is 0 Å². The van der Waals surface area contributed by atoms with Gasteiger partial charge in [-0.3, -0.25) is 14.2 Å². The molecule has 30 heavy (non-hydrogen) atoms. The lowest BCUT2D eigenvalue weighted by molar-refractivity contribution is -0.132. The average Bonchev–Trinajstić information content (AvgIpc) is 3.17. The van der Waals surface area contributed by atoms with Gasteiger partial charge in [0.25, 0.3) is 5.56 Å². The second-order valence-corrected chi connectivity index (χ2v) is 9.05. The van der Waals surface area contributed by atoms with Gasteiger partial charge in [-0.15, -0.1) is 0 Å². The molecule has 0 aliphatic carbocycles. The van der Waals surface area contributed by atoms with E-state index in [-0.39, 0.29) is 23.4 Å². The minimum atomic E-state index is -0.113. The van der Waals surface area contributed by atoms with E-state index in [1.807, 2.05) is 43.0 Å². The van der Waals surface area contributed by atoms with Crippen molar-refractivity contribution < 1.29 is 9.53 Å². The first kappa shape index (κ1) is 20.8. The van der Waals surface area contributed by atoms with Gasteiger partial charge in [0.2, 0.25) is 5.91 Å². The number of amides is 1. The van der Waals surface area contributed by atoms with Gasteiger partial charge in [-0.25, -0.2) is 4.98 Å². The van der Waals surface area contributed by atoms with Gasteiger partial charge in [-0.1, -0.05) is 25.6 Å². The maximum absolute atomic E-state index is 12.9. The molecule has 7 nitrogen and oxygen atoms in total. The Kier molecular flexibility index (Phi) is 6.04. The lowest BCUT2D eigenvalue weighted by Gasteiger charge is -2.36. The fourth-order valence-electron chi connectivity index (χ4n) is 3.95. The summed E-state index contributed by atoms with van der Waals surface area (Å²) in [4.78, 5) is 34.4. The molecule has 3 heterocycles. The van der Waals surface area contributed by atoms with Gasteiger partial charge in [-0.05, 0) is 30.2 Å². The molecule has 1 unspecified atom stereocenters. The van der Waals surface area contributed by atoms with E-state index in [9.17, 15) is 9.59 Å². The molecule has 8 heteroatoms. The Morgan fingerprint density at radius 3 is 2.53 bits per heavy atom. The van der Waals surface area contributed by atoms with Crippen LogP contribution in [0.4, 0.5) is 5.69 Å². The summed E-state index contributed by atoms with van der Waals surface area (Å²) in [5, 5.41) is 0.744. The molecular weight excluding hydrogens is 400 g/mol. The lowest BCUT2D eigenvalue weighted by atomic mass is 10.1. The summed E-state index contributed by atoms with van der Waals surface area (Å²) >= 11 is 1.57. The number of carbonyl (C=O) groups is 1. The summed E-state index contributed by atoms with van der Waals surface area (Å²) in [7, 11) is 1.66. The number of hydrogen-bond acceptors (Lipinski definition) is 6. The molecule has 4 rings (SSSR count). The smallest absolute Gasteiger partial charge is 0.254 e. The van der Waals surface area contributed by atoms with Crippen molar-refractivity contribution >= 4 is 23.4 Å². The molecule has 0 bridgehead atoms. The molecule has 2 aromatic rings. The van der Waals surface area contributed by atoms with Gasteiger partial charge in [0.05, 0.1) is 18.8 Å². The van der Waals surface area contributed by atoms with Crippen molar-refractivity contribution in [1.29, 1.82) is 0 Å². The fourth-order valence-corrected chi connectivity index (χ4v) is 5.11. The van der Waals surface area contributed by atoms with E-state index in [0.29, 0.717) is 19.5 Å². The minimum Gasteiger partial charge on any atom is -0.497 e. The number of methoxy groups -OCH3 is 1. The standard InChI is InChI=1S/C22H28N4O3S/c1-15(2)19-13-21(28)26-17(14-30-22(26)23-19)12-20(27)25-10-8-24(9-11-25)16-4-6-18(29-3)7-5-16/h4-7,13,15,17H,8-12,14H2,1-3H3. The van der Waals surface area contributed by atoms with Crippen LogP contribution in [0, 0.1) is 0 Å². The third-order valence-corrected chi connectivity index (χ3v) is 6.88. The summed E-state index contributed by atoms with van der Waals surface area (Å²) in [6.45, 7) is 7.05. The van der Waals surface area contributed by atoms with E-state index in [4.69, 9.17) is 4.74 Å². The minimum absolute atomic E-state index is 0.0455. The summed E-state index contributed by atoms with van der Waals surface area (Å²) in [6, 6.07) is 9.52. The van der Waals surface area contributed by atoms with Gasteiger partial charge in [-0.2, -0.15) is 0 Å². The van der Waals surface area contributed by atoms with Crippen LogP contribution in [0.15, 0.2) is 40.3 Å². The summed E-state index contributed by atoms with van der Waals surface area (Å²) < 4.78 is 6.93. The molecule has 1 atom stereocenters.